The second kappa shape index (κ2) is 4.06. The van der Waals surface area contributed by atoms with Gasteiger partial charge < -0.3 is 4.74 Å². The quantitative estimate of drug-likeness (QED) is 0.841. The molecule has 2 aromatic rings. The number of nitrogens with zero attached hydrogens (tertiary/aromatic N) is 3. The molecule has 2 aromatic heterocycles. The summed E-state index contributed by atoms with van der Waals surface area (Å²) in [5.41, 5.74) is 0.941. The Morgan fingerprint density at radius 3 is 3.07 bits per heavy atom. The summed E-state index contributed by atoms with van der Waals surface area (Å²) in [6.07, 6.45) is 5.51. The van der Waals surface area contributed by atoms with Crippen molar-refractivity contribution in [1.29, 1.82) is 0 Å². The fourth-order valence-corrected chi connectivity index (χ4v) is 1.69. The van der Waals surface area contributed by atoms with E-state index in [4.69, 9.17) is 4.74 Å². The molecule has 0 amide bonds. The average molecular weight is 256 g/mol. The first-order valence-electron chi connectivity index (χ1n) is 4.27. The van der Waals surface area contributed by atoms with Crippen LogP contribution in [0.3, 0.4) is 0 Å². The largest absolute Gasteiger partial charge is 0.383 e. The van der Waals surface area contributed by atoms with Gasteiger partial charge in [0, 0.05) is 31.1 Å². The Balaban J connectivity index is 2.36. The summed E-state index contributed by atoms with van der Waals surface area (Å²) in [7, 11) is 1.68. The van der Waals surface area contributed by atoms with Gasteiger partial charge in [-0.1, -0.05) is 0 Å². The van der Waals surface area contributed by atoms with Crippen molar-refractivity contribution in [3.63, 3.8) is 0 Å². The van der Waals surface area contributed by atoms with Crippen LogP contribution >= 0.6 is 15.9 Å². The molecule has 0 radical (unpaired) electrons. The molecule has 0 aliphatic carbocycles. The first-order chi connectivity index (χ1) is 6.81. The second-order valence-electron chi connectivity index (χ2n) is 2.94. The number of aromatic nitrogens is 3. The molecule has 0 N–H and O–H groups in total. The molecule has 2 heterocycles. The van der Waals surface area contributed by atoms with Crippen LogP contribution in [-0.4, -0.2) is 28.5 Å². The van der Waals surface area contributed by atoms with Gasteiger partial charge in [-0.25, -0.2) is 0 Å². The Bertz CT molecular complexity index is 441. The van der Waals surface area contributed by atoms with Crippen molar-refractivity contribution in [2.45, 2.75) is 6.54 Å². The Morgan fingerprint density at radius 1 is 1.50 bits per heavy atom. The Hall–Kier alpha value is -0.940. The van der Waals surface area contributed by atoms with Crippen molar-refractivity contribution in [2.24, 2.45) is 0 Å². The first kappa shape index (κ1) is 9.61. The lowest BCUT2D eigenvalue weighted by molar-refractivity contribution is 0.184. The van der Waals surface area contributed by atoms with Gasteiger partial charge in [-0.3, -0.25) is 9.67 Å². The summed E-state index contributed by atoms with van der Waals surface area (Å²) in [4.78, 5) is 4.07. The van der Waals surface area contributed by atoms with E-state index in [1.807, 2.05) is 10.9 Å². The number of methoxy groups -OCH3 is 1. The smallest absolute Gasteiger partial charge is 0.110 e. The molecule has 0 aliphatic rings. The van der Waals surface area contributed by atoms with E-state index >= 15 is 0 Å². The molecule has 4 nitrogen and oxygen atoms in total. The number of hydrogen-bond acceptors (Lipinski definition) is 3. The van der Waals surface area contributed by atoms with Crippen LogP contribution in [0.2, 0.25) is 0 Å². The highest BCUT2D eigenvalue weighted by atomic mass is 79.9. The second-order valence-corrected chi connectivity index (χ2v) is 3.80. The predicted octanol–water partition coefficient (Wildman–Crippen LogP) is 1.84. The van der Waals surface area contributed by atoms with E-state index in [2.05, 4.69) is 26.0 Å². The zero-order valence-electron chi connectivity index (χ0n) is 7.77. The van der Waals surface area contributed by atoms with E-state index in [9.17, 15) is 0 Å². The highest BCUT2D eigenvalue weighted by Crippen LogP contribution is 2.20. The Morgan fingerprint density at radius 2 is 2.36 bits per heavy atom. The van der Waals surface area contributed by atoms with E-state index in [0.29, 0.717) is 6.61 Å². The Labute approximate surface area is 90.0 Å². The highest BCUT2D eigenvalue weighted by molar-refractivity contribution is 9.10. The number of halogens is 1. The van der Waals surface area contributed by atoms with E-state index in [1.165, 1.54) is 0 Å². The van der Waals surface area contributed by atoms with E-state index in [0.717, 1.165) is 21.9 Å². The van der Waals surface area contributed by atoms with E-state index in [1.54, 1.807) is 19.5 Å². The SMILES string of the molecule is COCCn1cc2cncc(Br)c2n1. The maximum absolute atomic E-state index is 4.98. The van der Waals surface area contributed by atoms with Crippen molar-refractivity contribution in [3.05, 3.63) is 23.1 Å². The molecule has 5 heteroatoms. The maximum atomic E-state index is 4.98. The Kier molecular flexibility index (Phi) is 2.79. The molecule has 0 fully saturated rings. The van der Waals surface area contributed by atoms with Gasteiger partial charge >= 0.3 is 0 Å². The minimum absolute atomic E-state index is 0.666. The van der Waals surface area contributed by atoms with Crippen molar-refractivity contribution in [1.82, 2.24) is 14.8 Å². The lowest BCUT2D eigenvalue weighted by Crippen LogP contribution is -2.03. The summed E-state index contributed by atoms with van der Waals surface area (Å²) in [5.74, 6) is 0. The molecular weight excluding hydrogens is 246 g/mol. The van der Waals surface area contributed by atoms with Gasteiger partial charge in [0.2, 0.25) is 0 Å². The van der Waals surface area contributed by atoms with Crippen LogP contribution in [0.15, 0.2) is 23.1 Å². The number of ether oxygens (including phenoxy) is 1. The van der Waals surface area contributed by atoms with Gasteiger partial charge in [-0.05, 0) is 15.9 Å². The molecular formula is C9H10BrN3O. The summed E-state index contributed by atoms with van der Waals surface area (Å²) >= 11 is 3.41. The van der Waals surface area contributed by atoms with Crippen LogP contribution in [-0.2, 0) is 11.3 Å². The fourth-order valence-electron chi connectivity index (χ4n) is 1.26. The summed E-state index contributed by atoms with van der Waals surface area (Å²) in [5, 5.41) is 5.44. The topological polar surface area (TPSA) is 39.9 Å². The van der Waals surface area contributed by atoms with Crippen molar-refractivity contribution < 1.29 is 4.74 Å². The van der Waals surface area contributed by atoms with Crippen LogP contribution in [0.25, 0.3) is 10.9 Å². The third-order valence-electron chi connectivity index (χ3n) is 1.94. The molecule has 0 aromatic carbocycles. The molecule has 74 valence electrons. The minimum atomic E-state index is 0.666. The summed E-state index contributed by atoms with van der Waals surface area (Å²) < 4.78 is 7.77. The van der Waals surface area contributed by atoms with E-state index < -0.39 is 0 Å². The van der Waals surface area contributed by atoms with Gasteiger partial charge in [0.1, 0.15) is 5.52 Å². The highest BCUT2D eigenvalue weighted by Gasteiger charge is 2.03. The zero-order valence-corrected chi connectivity index (χ0v) is 9.36. The maximum Gasteiger partial charge on any atom is 0.110 e. The number of rotatable bonds is 3. The summed E-state index contributed by atoms with van der Waals surface area (Å²) in [6.45, 7) is 1.43. The van der Waals surface area contributed by atoms with Crippen LogP contribution in [0.1, 0.15) is 0 Å². The molecule has 0 spiro atoms. The molecule has 0 aliphatic heterocycles. The lowest BCUT2D eigenvalue weighted by atomic mass is 10.3. The molecule has 0 atom stereocenters. The van der Waals surface area contributed by atoms with Crippen LogP contribution in [0, 0.1) is 0 Å². The van der Waals surface area contributed by atoms with Crippen molar-refractivity contribution >= 4 is 26.8 Å². The zero-order chi connectivity index (χ0) is 9.97. The van der Waals surface area contributed by atoms with E-state index in [-0.39, 0.29) is 0 Å². The predicted molar refractivity (Wildman–Crippen MR) is 57.1 cm³/mol. The van der Waals surface area contributed by atoms with Crippen LogP contribution < -0.4 is 0 Å². The first-order valence-corrected chi connectivity index (χ1v) is 5.06. The van der Waals surface area contributed by atoms with Crippen molar-refractivity contribution in [2.75, 3.05) is 13.7 Å². The standard InChI is InChI=1S/C9H10BrN3O/c1-14-3-2-13-6-7-4-11-5-8(10)9(7)12-13/h4-6H,2-3H2,1H3. The average Bonchev–Trinajstić information content (AvgIpc) is 2.59. The monoisotopic (exact) mass is 255 g/mol. The summed E-state index contributed by atoms with van der Waals surface area (Å²) in [6, 6.07) is 0. The van der Waals surface area contributed by atoms with Gasteiger partial charge in [-0.2, -0.15) is 5.10 Å². The molecule has 0 saturated heterocycles. The fraction of sp³-hybridized carbons (Fsp3) is 0.333. The molecule has 0 unspecified atom stereocenters. The molecule has 0 saturated carbocycles. The molecule has 2 rings (SSSR count). The minimum Gasteiger partial charge on any atom is -0.383 e. The molecule has 0 bridgehead atoms. The van der Waals surface area contributed by atoms with Crippen LogP contribution in [0.5, 0.6) is 0 Å². The number of fused-ring (bicyclic) bond motifs is 1. The normalized spacial score (nSPS) is 11.0. The van der Waals surface area contributed by atoms with Gasteiger partial charge in [0.25, 0.3) is 0 Å². The lowest BCUT2D eigenvalue weighted by Gasteiger charge is -1.97. The van der Waals surface area contributed by atoms with Crippen molar-refractivity contribution in [3.8, 4) is 0 Å². The van der Waals surface area contributed by atoms with Crippen LogP contribution in [0.4, 0.5) is 0 Å². The van der Waals surface area contributed by atoms with Gasteiger partial charge in [0.05, 0.1) is 17.6 Å². The van der Waals surface area contributed by atoms with Gasteiger partial charge in [-0.15, -0.1) is 0 Å². The van der Waals surface area contributed by atoms with Gasteiger partial charge in [0.15, 0.2) is 0 Å². The number of pyridine rings is 1. The third-order valence-corrected chi connectivity index (χ3v) is 2.52. The molecule has 14 heavy (non-hydrogen) atoms. The third kappa shape index (κ3) is 1.78. The number of hydrogen-bond donors (Lipinski definition) is 0.